The second-order valence-corrected chi connectivity index (χ2v) is 5.42. The van der Waals surface area contributed by atoms with Crippen molar-refractivity contribution < 1.29 is 14.3 Å². The molecule has 2 N–H and O–H groups in total. The summed E-state index contributed by atoms with van der Waals surface area (Å²) in [6.45, 7) is 2.92. The summed E-state index contributed by atoms with van der Waals surface area (Å²) in [7, 11) is 1.57. The van der Waals surface area contributed by atoms with Crippen LogP contribution in [0.1, 0.15) is 12.5 Å². The highest BCUT2D eigenvalue weighted by Crippen LogP contribution is 2.26. The van der Waals surface area contributed by atoms with Gasteiger partial charge in [0.25, 0.3) is 0 Å². The largest absolute Gasteiger partial charge is 0.372 e. The number of imide groups is 1. The van der Waals surface area contributed by atoms with Gasteiger partial charge in [0.2, 0.25) is 0 Å². The van der Waals surface area contributed by atoms with E-state index in [-0.39, 0.29) is 12.6 Å². The van der Waals surface area contributed by atoms with E-state index in [2.05, 4.69) is 10.6 Å². The second kappa shape index (κ2) is 6.32. The van der Waals surface area contributed by atoms with Crippen LogP contribution >= 0.6 is 11.6 Å². The maximum Gasteiger partial charge on any atom is 0.325 e. The first-order chi connectivity index (χ1) is 9.96. The van der Waals surface area contributed by atoms with Gasteiger partial charge in [-0.1, -0.05) is 23.7 Å². The Morgan fingerprint density at radius 3 is 2.90 bits per heavy atom. The van der Waals surface area contributed by atoms with E-state index in [1.165, 1.54) is 0 Å². The first-order valence-electron chi connectivity index (χ1n) is 6.61. The van der Waals surface area contributed by atoms with Crippen LogP contribution in [0.4, 0.5) is 9.59 Å². The second-order valence-electron chi connectivity index (χ2n) is 4.99. The lowest BCUT2D eigenvalue weighted by molar-refractivity contribution is 0.00432. The Morgan fingerprint density at radius 1 is 1.57 bits per heavy atom. The summed E-state index contributed by atoms with van der Waals surface area (Å²) in [6, 6.07) is 6.45. The Kier molecular flexibility index (Phi) is 4.69. The molecule has 7 heteroatoms. The molecule has 1 aromatic carbocycles. The first-order valence-corrected chi connectivity index (χ1v) is 6.98. The van der Waals surface area contributed by atoms with Gasteiger partial charge in [0, 0.05) is 25.2 Å². The quantitative estimate of drug-likeness (QED) is 0.892. The van der Waals surface area contributed by atoms with E-state index in [0.29, 0.717) is 18.1 Å². The summed E-state index contributed by atoms with van der Waals surface area (Å²) in [5.41, 5.74) is 0.125. The van der Waals surface area contributed by atoms with Crippen molar-refractivity contribution in [1.29, 1.82) is 0 Å². The van der Waals surface area contributed by atoms with Crippen LogP contribution in [0.5, 0.6) is 0 Å². The van der Waals surface area contributed by atoms with Gasteiger partial charge in [0.15, 0.2) is 0 Å². The fourth-order valence-corrected chi connectivity index (χ4v) is 2.30. The number of methoxy groups -OCH3 is 1. The molecule has 0 aromatic heterocycles. The zero-order chi connectivity index (χ0) is 15.5. The Hall–Kier alpha value is -1.79. The summed E-state index contributed by atoms with van der Waals surface area (Å²) >= 11 is 5.99. The first kappa shape index (κ1) is 15.6. The van der Waals surface area contributed by atoms with Gasteiger partial charge in [-0.25, -0.2) is 14.5 Å². The average molecular weight is 312 g/mol. The van der Waals surface area contributed by atoms with E-state index in [9.17, 15) is 9.59 Å². The molecule has 114 valence electrons. The van der Waals surface area contributed by atoms with Crippen LogP contribution in [-0.4, -0.2) is 43.7 Å². The molecule has 2 rings (SSSR count). The monoisotopic (exact) mass is 311 g/mol. The Bertz CT molecular complexity index is 552. The van der Waals surface area contributed by atoms with Crippen LogP contribution in [0, 0.1) is 0 Å². The van der Waals surface area contributed by atoms with Crippen LogP contribution in [0.25, 0.3) is 0 Å². The summed E-state index contributed by atoms with van der Waals surface area (Å²) in [5.74, 6) is 0. The Labute approximate surface area is 128 Å². The maximum absolute atomic E-state index is 12.0. The number of hydrogen-bond acceptors (Lipinski definition) is 3. The number of rotatable bonds is 4. The summed E-state index contributed by atoms with van der Waals surface area (Å²) < 4.78 is 5.53. The van der Waals surface area contributed by atoms with Crippen LogP contribution in [0.2, 0.25) is 5.02 Å². The van der Waals surface area contributed by atoms with E-state index >= 15 is 0 Å². The third-order valence-corrected chi connectivity index (χ3v) is 3.80. The molecular weight excluding hydrogens is 294 g/mol. The standard InChI is InChI=1S/C14H18ClN3O3/c1-14(21-2,10-4-3-5-11(15)8-10)9-17-13(20)18-7-6-16-12(18)19/h3-5,8H,6-7,9H2,1-2H3,(H,16,19)(H,17,20)/t14-/m1/s1. The van der Waals surface area contributed by atoms with Gasteiger partial charge in [-0.2, -0.15) is 0 Å². The van der Waals surface area contributed by atoms with Crippen molar-refractivity contribution in [2.45, 2.75) is 12.5 Å². The van der Waals surface area contributed by atoms with Gasteiger partial charge < -0.3 is 15.4 Å². The normalized spacial score (nSPS) is 17.3. The van der Waals surface area contributed by atoms with Gasteiger partial charge in [-0.15, -0.1) is 0 Å². The van der Waals surface area contributed by atoms with Crippen molar-refractivity contribution in [2.75, 3.05) is 26.7 Å². The number of hydrogen-bond donors (Lipinski definition) is 2. The number of carbonyl (C=O) groups excluding carboxylic acids is 2. The van der Waals surface area contributed by atoms with Gasteiger partial charge >= 0.3 is 12.1 Å². The number of ether oxygens (including phenoxy) is 1. The fourth-order valence-electron chi connectivity index (χ4n) is 2.11. The highest BCUT2D eigenvalue weighted by atomic mass is 35.5. The molecule has 0 saturated carbocycles. The lowest BCUT2D eigenvalue weighted by atomic mass is 9.96. The number of nitrogens with zero attached hydrogens (tertiary/aromatic N) is 1. The molecule has 0 spiro atoms. The lowest BCUT2D eigenvalue weighted by Crippen LogP contribution is -2.47. The summed E-state index contributed by atoms with van der Waals surface area (Å²) in [6.07, 6.45) is 0. The molecule has 0 aliphatic carbocycles. The third-order valence-electron chi connectivity index (χ3n) is 3.56. The number of carbonyl (C=O) groups is 2. The molecule has 0 bridgehead atoms. The van der Waals surface area contributed by atoms with Crippen molar-refractivity contribution in [2.24, 2.45) is 0 Å². The smallest absolute Gasteiger partial charge is 0.325 e. The van der Waals surface area contributed by atoms with E-state index in [0.717, 1.165) is 10.5 Å². The van der Waals surface area contributed by atoms with Crippen LogP contribution in [0.3, 0.4) is 0 Å². The van der Waals surface area contributed by atoms with Crippen molar-refractivity contribution >= 4 is 23.7 Å². The SMILES string of the molecule is CO[C@](C)(CNC(=O)N1CCNC1=O)c1cccc(Cl)c1. The molecule has 1 saturated heterocycles. The molecule has 1 aliphatic heterocycles. The predicted molar refractivity (Wildman–Crippen MR) is 79.3 cm³/mol. The van der Waals surface area contributed by atoms with E-state index in [1.807, 2.05) is 19.1 Å². The lowest BCUT2D eigenvalue weighted by Gasteiger charge is -2.29. The molecule has 6 nitrogen and oxygen atoms in total. The zero-order valence-electron chi connectivity index (χ0n) is 12.0. The summed E-state index contributed by atoms with van der Waals surface area (Å²) in [5, 5.41) is 5.90. The Morgan fingerprint density at radius 2 is 2.33 bits per heavy atom. The minimum Gasteiger partial charge on any atom is -0.372 e. The minimum absolute atomic E-state index is 0.229. The Balaban J connectivity index is 2.05. The molecular formula is C14H18ClN3O3. The highest BCUT2D eigenvalue weighted by Gasteiger charge is 2.31. The molecule has 1 atom stereocenters. The molecule has 1 aromatic rings. The third kappa shape index (κ3) is 3.46. The predicted octanol–water partition coefficient (Wildman–Crippen LogP) is 1.94. The molecule has 0 unspecified atom stereocenters. The van der Waals surface area contributed by atoms with Gasteiger partial charge in [0.1, 0.15) is 5.60 Å². The van der Waals surface area contributed by atoms with E-state index in [1.54, 1.807) is 19.2 Å². The van der Waals surface area contributed by atoms with Crippen molar-refractivity contribution in [3.63, 3.8) is 0 Å². The fraction of sp³-hybridized carbons (Fsp3) is 0.429. The maximum atomic E-state index is 12.0. The topological polar surface area (TPSA) is 70.7 Å². The molecule has 4 amide bonds. The van der Waals surface area contributed by atoms with E-state index < -0.39 is 11.6 Å². The molecule has 1 heterocycles. The van der Waals surface area contributed by atoms with Crippen LogP contribution in [0.15, 0.2) is 24.3 Å². The zero-order valence-corrected chi connectivity index (χ0v) is 12.7. The highest BCUT2D eigenvalue weighted by molar-refractivity contribution is 6.30. The van der Waals surface area contributed by atoms with Crippen molar-refractivity contribution in [3.8, 4) is 0 Å². The number of amides is 4. The van der Waals surface area contributed by atoms with Crippen LogP contribution in [-0.2, 0) is 10.3 Å². The van der Waals surface area contributed by atoms with Gasteiger partial charge in [-0.05, 0) is 24.6 Å². The van der Waals surface area contributed by atoms with Crippen molar-refractivity contribution in [3.05, 3.63) is 34.9 Å². The molecule has 0 radical (unpaired) electrons. The van der Waals surface area contributed by atoms with Gasteiger partial charge in [-0.3, -0.25) is 0 Å². The van der Waals surface area contributed by atoms with E-state index in [4.69, 9.17) is 16.3 Å². The molecule has 21 heavy (non-hydrogen) atoms. The molecule has 1 fully saturated rings. The van der Waals surface area contributed by atoms with Gasteiger partial charge in [0.05, 0.1) is 6.54 Å². The number of halogens is 1. The molecule has 1 aliphatic rings. The average Bonchev–Trinajstić information content (AvgIpc) is 2.90. The summed E-state index contributed by atoms with van der Waals surface area (Å²) in [4.78, 5) is 24.6. The van der Waals surface area contributed by atoms with Crippen LogP contribution < -0.4 is 10.6 Å². The number of benzene rings is 1. The minimum atomic E-state index is -0.725. The number of urea groups is 2. The van der Waals surface area contributed by atoms with Crippen molar-refractivity contribution in [1.82, 2.24) is 15.5 Å². The number of nitrogens with one attached hydrogen (secondary N) is 2.